The molecule has 0 aliphatic carbocycles. The van der Waals surface area contributed by atoms with Crippen molar-refractivity contribution in [1.82, 2.24) is 0 Å². The number of aliphatic hydroxyl groups excluding tert-OH is 1. The lowest BCUT2D eigenvalue weighted by Gasteiger charge is -2.21. The van der Waals surface area contributed by atoms with Crippen molar-refractivity contribution in [1.29, 1.82) is 0 Å². The standard InChI is InChI=1S/C83H146O17P2/c1-5-9-13-17-21-25-29-33-36-37-38-39-42-46-50-54-58-62-66-70-83(88)100-78(73-93-80(85)67-63-59-55-51-47-43-32-28-24-20-16-12-8-4)75-97-101(89,90)95-71-77(84)72-96-102(91,92)98-76-79(99-82(87)69-65-61-57-53-49-45-41-35-31-27-23-19-15-11-7-3)74-94-81(86)68-64-60-56-52-48-44-40-34-30-26-22-18-14-10-6-2/h21,25-28,30-33,36,38-39,46,50,58,62,77-79,84H,5-20,22-24,29,34-35,37,40-45,47-49,51-57,59-61,63-76H2,1-4H3,(H,89,90)(H,91,92)/b25-21-,30-26-,31-27-,32-28-,36-33-,39-38-,50-46-,62-58-/t77-,78+,79+/m0/s1. The third-order valence-electron chi connectivity index (χ3n) is 17.0. The number of unbranched alkanes of at least 4 members (excludes halogenated alkanes) is 34. The third-order valence-corrected chi connectivity index (χ3v) is 18.9. The van der Waals surface area contributed by atoms with Gasteiger partial charge < -0.3 is 33.8 Å². The van der Waals surface area contributed by atoms with Crippen molar-refractivity contribution >= 4 is 39.5 Å². The molecule has 3 N–H and O–H groups in total. The molecule has 0 spiro atoms. The fourth-order valence-corrected chi connectivity index (χ4v) is 12.4. The van der Waals surface area contributed by atoms with Gasteiger partial charge in [0.05, 0.1) is 26.4 Å². The molecule has 17 nitrogen and oxygen atoms in total. The first-order valence-corrected chi connectivity index (χ1v) is 43.5. The largest absolute Gasteiger partial charge is 0.472 e. The summed E-state index contributed by atoms with van der Waals surface area (Å²) >= 11 is 0. The summed E-state index contributed by atoms with van der Waals surface area (Å²) in [5.74, 6) is -2.27. The highest BCUT2D eigenvalue weighted by molar-refractivity contribution is 7.47. The number of allylic oxidation sites excluding steroid dienone is 16. The van der Waals surface area contributed by atoms with Crippen LogP contribution in [0.4, 0.5) is 0 Å². The fourth-order valence-electron chi connectivity index (χ4n) is 10.8. The normalized spacial score (nSPS) is 14.4. The minimum atomic E-state index is -5.00. The van der Waals surface area contributed by atoms with Gasteiger partial charge in [-0.25, -0.2) is 9.13 Å². The molecule has 0 amide bonds. The van der Waals surface area contributed by atoms with Gasteiger partial charge in [-0.3, -0.25) is 37.3 Å². The number of rotatable bonds is 76. The van der Waals surface area contributed by atoms with Crippen molar-refractivity contribution in [2.24, 2.45) is 0 Å². The first-order valence-electron chi connectivity index (χ1n) is 40.5. The number of ether oxygens (including phenoxy) is 4. The van der Waals surface area contributed by atoms with E-state index in [4.69, 9.17) is 37.0 Å². The summed E-state index contributed by atoms with van der Waals surface area (Å²) in [5, 5.41) is 10.6. The molecule has 0 heterocycles. The summed E-state index contributed by atoms with van der Waals surface area (Å²) in [6.07, 6.45) is 79.7. The van der Waals surface area contributed by atoms with Crippen molar-refractivity contribution in [3.63, 3.8) is 0 Å². The molecule has 0 aliphatic rings. The second-order valence-corrected chi connectivity index (χ2v) is 29.9. The Morgan fingerprint density at radius 3 is 0.824 bits per heavy atom. The molecule has 590 valence electrons. The Balaban J connectivity index is 5.42. The molecule has 102 heavy (non-hydrogen) atoms. The average molecular weight is 1480 g/mol. The van der Waals surface area contributed by atoms with E-state index in [9.17, 15) is 43.2 Å². The van der Waals surface area contributed by atoms with Crippen LogP contribution in [0.25, 0.3) is 0 Å². The number of esters is 4. The molecule has 5 atom stereocenters. The average Bonchev–Trinajstić information content (AvgIpc) is 0.924. The van der Waals surface area contributed by atoms with E-state index in [1.165, 1.54) is 109 Å². The number of phosphoric acid groups is 2. The van der Waals surface area contributed by atoms with Gasteiger partial charge in [0.2, 0.25) is 0 Å². The smallest absolute Gasteiger partial charge is 0.462 e. The molecule has 0 fully saturated rings. The molecule has 0 aromatic carbocycles. The molecule has 0 saturated heterocycles. The van der Waals surface area contributed by atoms with E-state index in [0.717, 1.165) is 154 Å². The first-order chi connectivity index (χ1) is 49.7. The minimum Gasteiger partial charge on any atom is -0.462 e. The predicted molar refractivity (Wildman–Crippen MR) is 418 cm³/mol. The summed E-state index contributed by atoms with van der Waals surface area (Å²) in [5.41, 5.74) is 0. The Kier molecular flexibility index (Phi) is 72.3. The fraction of sp³-hybridized carbons (Fsp3) is 0.759. The summed E-state index contributed by atoms with van der Waals surface area (Å²) in [7, 11) is -9.98. The van der Waals surface area contributed by atoms with Crippen LogP contribution in [0.2, 0.25) is 0 Å². The van der Waals surface area contributed by atoms with Crippen molar-refractivity contribution in [2.45, 2.75) is 367 Å². The zero-order valence-corrected chi connectivity index (χ0v) is 66.3. The monoisotopic (exact) mass is 1480 g/mol. The topological polar surface area (TPSA) is 237 Å². The molecule has 0 aromatic rings. The number of carbonyl (C=O) groups is 4. The van der Waals surface area contributed by atoms with Crippen molar-refractivity contribution in [2.75, 3.05) is 39.6 Å². The van der Waals surface area contributed by atoms with Crippen LogP contribution < -0.4 is 0 Å². The molecule has 0 aromatic heterocycles. The van der Waals surface area contributed by atoms with Crippen molar-refractivity contribution in [3.05, 3.63) is 97.2 Å². The van der Waals surface area contributed by atoms with Crippen LogP contribution in [0, 0.1) is 0 Å². The van der Waals surface area contributed by atoms with Gasteiger partial charge in [-0.05, 0) is 141 Å². The SMILES string of the molecule is CCCCC/C=C\C/C=C\C/C=C\C/C=C\C/C=C\CCC(=O)O[C@H](COC(=O)CCCCCCC/C=C\CCCCCC)COP(=O)(O)OC[C@H](O)COP(=O)(O)OC[C@@H](COC(=O)CCCCCCCCC/C=C\CCCCCC)OC(=O)CCCCCCCCC/C=C\CCCCCC. The zero-order valence-electron chi connectivity index (χ0n) is 64.5. The number of phosphoric ester groups is 2. The van der Waals surface area contributed by atoms with E-state index < -0.39 is 97.5 Å². The van der Waals surface area contributed by atoms with Gasteiger partial charge in [-0.15, -0.1) is 0 Å². The Morgan fingerprint density at radius 1 is 0.275 bits per heavy atom. The van der Waals surface area contributed by atoms with Crippen molar-refractivity contribution < 1.29 is 80.2 Å². The van der Waals surface area contributed by atoms with Gasteiger partial charge >= 0.3 is 39.5 Å². The Labute approximate surface area is 620 Å². The highest BCUT2D eigenvalue weighted by Gasteiger charge is 2.30. The number of aliphatic hydroxyl groups is 1. The van der Waals surface area contributed by atoms with Crippen LogP contribution in [0.1, 0.15) is 349 Å². The highest BCUT2D eigenvalue weighted by Crippen LogP contribution is 2.45. The second-order valence-electron chi connectivity index (χ2n) is 27.0. The summed E-state index contributed by atoms with van der Waals surface area (Å²) in [6.45, 7) is 4.74. The van der Waals surface area contributed by atoms with Gasteiger partial charge in [0.15, 0.2) is 12.2 Å². The molecule has 0 aliphatic heterocycles. The summed E-state index contributed by atoms with van der Waals surface area (Å²) in [6, 6.07) is 0. The van der Waals surface area contributed by atoms with Crippen LogP contribution in [0.15, 0.2) is 97.2 Å². The maximum absolute atomic E-state index is 13.1. The molecule has 0 rings (SSSR count). The Morgan fingerprint density at radius 2 is 0.500 bits per heavy atom. The lowest BCUT2D eigenvalue weighted by Crippen LogP contribution is -2.30. The maximum Gasteiger partial charge on any atom is 0.472 e. The maximum atomic E-state index is 13.1. The summed E-state index contributed by atoms with van der Waals surface area (Å²) in [4.78, 5) is 73.0. The highest BCUT2D eigenvalue weighted by atomic mass is 31.2. The third kappa shape index (κ3) is 74.3. The van der Waals surface area contributed by atoms with E-state index >= 15 is 0 Å². The van der Waals surface area contributed by atoms with Crippen molar-refractivity contribution in [3.8, 4) is 0 Å². The lowest BCUT2D eigenvalue weighted by molar-refractivity contribution is -0.161. The quantitative estimate of drug-likeness (QED) is 0.0169. The minimum absolute atomic E-state index is 0.0295. The number of hydrogen-bond acceptors (Lipinski definition) is 15. The van der Waals surface area contributed by atoms with Gasteiger partial charge in [0, 0.05) is 25.7 Å². The van der Waals surface area contributed by atoms with Gasteiger partial charge in [0.25, 0.3) is 0 Å². The molecule has 0 radical (unpaired) electrons. The van der Waals surface area contributed by atoms with Gasteiger partial charge in [-0.2, -0.15) is 0 Å². The molecule has 0 bridgehead atoms. The van der Waals surface area contributed by atoms with E-state index in [-0.39, 0.29) is 25.7 Å². The van der Waals surface area contributed by atoms with E-state index in [1.807, 2.05) is 18.2 Å². The second kappa shape index (κ2) is 75.2. The molecular formula is C83H146O17P2. The lowest BCUT2D eigenvalue weighted by atomic mass is 10.1. The summed E-state index contributed by atoms with van der Waals surface area (Å²) < 4.78 is 68.5. The molecule has 2 unspecified atom stereocenters. The van der Waals surface area contributed by atoms with E-state index in [0.29, 0.717) is 32.1 Å². The van der Waals surface area contributed by atoms with Gasteiger partial charge in [0.1, 0.15) is 19.3 Å². The number of hydrogen-bond donors (Lipinski definition) is 3. The van der Waals surface area contributed by atoms with Crippen LogP contribution in [0.5, 0.6) is 0 Å². The molecular weight excluding hydrogens is 1330 g/mol. The zero-order chi connectivity index (χ0) is 74.6. The van der Waals surface area contributed by atoms with Crippen LogP contribution in [-0.2, 0) is 65.4 Å². The Bertz CT molecular complexity index is 2310. The van der Waals surface area contributed by atoms with Crippen LogP contribution >= 0.6 is 15.6 Å². The van der Waals surface area contributed by atoms with Crippen LogP contribution in [0.3, 0.4) is 0 Å². The molecule has 0 saturated carbocycles. The Hall–Kier alpha value is -4.02. The van der Waals surface area contributed by atoms with E-state index in [2.05, 4.69) is 107 Å². The molecule has 19 heteroatoms. The first kappa shape index (κ1) is 98.0. The van der Waals surface area contributed by atoms with Gasteiger partial charge in [-0.1, -0.05) is 279 Å². The predicted octanol–water partition coefficient (Wildman–Crippen LogP) is 23.6. The number of carbonyl (C=O) groups excluding carboxylic acids is 4. The van der Waals surface area contributed by atoms with Crippen LogP contribution in [-0.4, -0.2) is 96.7 Å². The van der Waals surface area contributed by atoms with E-state index in [1.54, 1.807) is 0 Å².